The highest BCUT2D eigenvalue weighted by atomic mass is 15.0. The van der Waals surface area contributed by atoms with Crippen LogP contribution in [0.15, 0.2) is 85.5 Å². The van der Waals surface area contributed by atoms with Gasteiger partial charge in [-0.2, -0.15) is 0 Å². The molecule has 0 aliphatic carbocycles. The van der Waals surface area contributed by atoms with Crippen LogP contribution in [0.25, 0.3) is 33.4 Å². The number of pyridine rings is 1. The topological polar surface area (TPSA) is 102 Å². The summed E-state index contributed by atoms with van der Waals surface area (Å²) in [6, 6.07) is 20.1. The molecule has 0 amide bonds. The Balaban J connectivity index is 1.56. The molecule has 3 N–H and O–H groups in total. The lowest BCUT2D eigenvalue weighted by atomic mass is 10.0. The van der Waals surface area contributed by atoms with Crippen molar-refractivity contribution >= 4 is 16.7 Å². The Bertz CT molecular complexity index is 1390. The van der Waals surface area contributed by atoms with Crippen molar-refractivity contribution < 1.29 is 0 Å². The van der Waals surface area contributed by atoms with Crippen molar-refractivity contribution in [3.8, 4) is 22.5 Å². The molecule has 1 atom stereocenters. The van der Waals surface area contributed by atoms with Gasteiger partial charge < -0.3 is 11.1 Å². The first kappa shape index (κ1) is 20.7. The lowest BCUT2D eigenvalue weighted by molar-refractivity contribution is 0.553. The number of hydrogen-bond donors (Lipinski definition) is 2. The van der Waals surface area contributed by atoms with E-state index in [-0.39, 0.29) is 6.04 Å². The van der Waals surface area contributed by atoms with E-state index in [9.17, 15) is 0 Å². The maximum atomic E-state index is 6.37. The monoisotopic (exact) mass is 433 g/mol. The Morgan fingerprint density at radius 2 is 1.70 bits per heavy atom. The van der Waals surface area contributed by atoms with E-state index in [2.05, 4.69) is 26.3 Å². The Morgan fingerprint density at radius 1 is 0.848 bits per heavy atom. The molecule has 3 aromatic heterocycles. The third kappa shape index (κ3) is 4.40. The van der Waals surface area contributed by atoms with Gasteiger partial charge in [-0.1, -0.05) is 42.5 Å². The van der Waals surface area contributed by atoms with E-state index in [1.165, 1.54) is 0 Å². The summed E-state index contributed by atoms with van der Waals surface area (Å²) in [5, 5.41) is 4.47. The molecule has 0 aliphatic heterocycles. The highest BCUT2D eigenvalue weighted by Crippen LogP contribution is 2.32. The molecule has 1 unspecified atom stereocenters. The zero-order valence-corrected chi connectivity index (χ0v) is 18.2. The van der Waals surface area contributed by atoms with Gasteiger partial charge in [0.15, 0.2) is 0 Å². The average molecular weight is 434 g/mol. The molecule has 7 nitrogen and oxygen atoms in total. The number of nitrogen functional groups attached to an aromatic ring is 1. The number of nitrogens with one attached hydrogen (secondary N) is 1. The van der Waals surface area contributed by atoms with Gasteiger partial charge >= 0.3 is 0 Å². The van der Waals surface area contributed by atoms with Gasteiger partial charge in [-0.15, -0.1) is 0 Å². The fraction of sp³-hybridized carbons (Fsp3) is 0.115. The number of hydrogen-bond acceptors (Lipinski definition) is 7. The normalized spacial score (nSPS) is 12.0. The summed E-state index contributed by atoms with van der Waals surface area (Å²) in [6.07, 6.45) is 6.89. The largest absolute Gasteiger partial charge is 0.382 e. The predicted molar refractivity (Wildman–Crippen MR) is 130 cm³/mol. The third-order valence-corrected chi connectivity index (χ3v) is 5.53. The van der Waals surface area contributed by atoms with Crippen molar-refractivity contribution in [3.63, 3.8) is 0 Å². The predicted octanol–water partition coefficient (Wildman–Crippen LogP) is 4.58. The van der Waals surface area contributed by atoms with Crippen LogP contribution in [0.4, 0.5) is 5.82 Å². The van der Waals surface area contributed by atoms with Crippen LogP contribution in [0.3, 0.4) is 0 Å². The van der Waals surface area contributed by atoms with Gasteiger partial charge in [0.05, 0.1) is 28.3 Å². The molecule has 0 spiro atoms. The Labute approximate surface area is 191 Å². The van der Waals surface area contributed by atoms with Gasteiger partial charge in [0.1, 0.15) is 5.82 Å². The number of aromatic nitrogens is 5. The summed E-state index contributed by atoms with van der Waals surface area (Å²) >= 11 is 0. The van der Waals surface area contributed by atoms with Gasteiger partial charge in [0, 0.05) is 53.9 Å². The minimum Gasteiger partial charge on any atom is -0.382 e. The molecule has 2 aromatic carbocycles. The van der Waals surface area contributed by atoms with Gasteiger partial charge in [-0.05, 0) is 25.1 Å². The van der Waals surface area contributed by atoms with Crippen LogP contribution < -0.4 is 11.1 Å². The molecule has 3 heterocycles. The number of fused-ring (bicyclic) bond motifs is 1. The summed E-state index contributed by atoms with van der Waals surface area (Å²) in [5.41, 5.74) is 12.3. The maximum absolute atomic E-state index is 6.37. The summed E-state index contributed by atoms with van der Waals surface area (Å²) in [7, 11) is 0. The van der Waals surface area contributed by atoms with Crippen molar-refractivity contribution in [2.75, 3.05) is 5.73 Å². The zero-order valence-electron chi connectivity index (χ0n) is 18.2. The summed E-state index contributed by atoms with van der Waals surface area (Å²) in [6.45, 7) is 2.48. The van der Waals surface area contributed by atoms with Crippen LogP contribution in [-0.4, -0.2) is 24.9 Å². The van der Waals surface area contributed by atoms with Crippen molar-refractivity contribution in [2.24, 2.45) is 0 Å². The molecule has 0 bridgehead atoms. The van der Waals surface area contributed by atoms with Crippen molar-refractivity contribution in [1.29, 1.82) is 0 Å². The number of nitrogens with zero attached hydrogens (tertiary/aromatic N) is 5. The number of nitrogens with two attached hydrogens (primary N) is 1. The van der Waals surface area contributed by atoms with Crippen LogP contribution in [0, 0.1) is 0 Å². The van der Waals surface area contributed by atoms with Gasteiger partial charge in [0.25, 0.3) is 0 Å². The molecule has 33 heavy (non-hydrogen) atoms. The Morgan fingerprint density at radius 3 is 2.52 bits per heavy atom. The molecule has 0 saturated heterocycles. The molecule has 7 heteroatoms. The van der Waals surface area contributed by atoms with Gasteiger partial charge in [-0.25, -0.2) is 9.97 Å². The summed E-state index contributed by atoms with van der Waals surface area (Å²) in [4.78, 5) is 22.7. The van der Waals surface area contributed by atoms with E-state index < -0.39 is 0 Å². The molecule has 0 aliphatic rings. The molecule has 5 rings (SSSR count). The standard InChI is InChI=1S/C26H23N7/c1-17(22-15-28-12-13-30-22)31-16-23-26(27)33-24(18-6-3-2-4-7-18)25(32-23)20-9-10-21-19(14-20)8-5-11-29-21/h2-15,17,31H,16H2,1H3,(H2,27,33). The Kier molecular flexibility index (Phi) is 5.70. The lowest BCUT2D eigenvalue weighted by Gasteiger charge is -2.16. The van der Waals surface area contributed by atoms with Crippen LogP contribution >= 0.6 is 0 Å². The Hall–Kier alpha value is -4.23. The maximum Gasteiger partial charge on any atom is 0.147 e. The first-order valence-corrected chi connectivity index (χ1v) is 10.8. The zero-order chi connectivity index (χ0) is 22.6. The number of benzene rings is 2. The van der Waals surface area contributed by atoms with E-state index in [0.29, 0.717) is 18.1 Å². The second-order valence-electron chi connectivity index (χ2n) is 7.76. The molecule has 0 saturated carbocycles. The first-order valence-electron chi connectivity index (χ1n) is 10.8. The van der Waals surface area contributed by atoms with E-state index in [4.69, 9.17) is 15.7 Å². The molecule has 5 aromatic rings. The molecular weight excluding hydrogens is 410 g/mol. The second kappa shape index (κ2) is 9.10. The van der Waals surface area contributed by atoms with E-state index >= 15 is 0 Å². The van der Waals surface area contributed by atoms with Crippen LogP contribution in [0.5, 0.6) is 0 Å². The van der Waals surface area contributed by atoms with Crippen LogP contribution in [-0.2, 0) is 6.54 Å². The number of anilines is 1. The summed E-state index contributed by atoms with van der Waals surface area (Å²) < 4.78 is 0. The highest BCUT2D eigenvalue weighted by Gasteiger charge is 2.17. The SMILES string of the molecule is CC(NCc1nc(-c2ccc3ncccc3c2)c(-c2ccccc2)nc1N)c1cnccn1. The van der Waals surface area contributed by atoms with Gasteiger partial charge in [0.2, 0.25) is 0 Å². The first-order chi connectivity index (χ1) is 16.2. The quantitative estimate of drug-likeness (QED) is 0.404. The summed E-state index contributed by atoms with van der Waals surface area (Å²) in [5.74, 6) is 0.402. The molecule has 162 valence electrons. The molecule has 0 radical (unpaired) electrons. The van der Waals surface area contributed by atoms with Gasteiger partial charge in [-0.3, -0.25) is 15.0 Å². The molecule has 0 fully saturated rings. The van der Waals surface area contributed by atoms with Crippen molar-refractivity contribution in [2.45, 2.75) is 19.5 Å². The minimum absolute atomic E-state index is 0.0103. The fourth-order valence-electron chi connectivity index (χ4n) is 3.72. The van der Waals surface area contributed by atoms with Crippen molar-refractivity contribution in [3.05, 3.63) is 96.8 Å². The number of rotatable bonds is 6. The van der Waals surface area contributed by atoms with Crippen LogP contribution in [0.1, 0.15) is 24.4 Å². The van der Waals surface area contributed by atoms with E-state index in [1.807, 2.05) is 61.5 Å². The highest BCUT2D eigenvalue weighted by molar-refractivity contribution is 5.87. The second-order valence-corrected chi connectivity index (χ2v) is 7.76. The average Bonchev–Trinajstić information content (AvgIpc) is 2.88. The van der Waals surface area contributed by atoms with Crippen LogP contribution in [0.2, 0.25) is 0 Å². The smallest absolute Gasteiger partial charge is 0.147 e. The fourth-order valence-corrected chi connectivity index (χ4v) is 3.72. The minimum atomic E-state index is -0.0103. The van der Waals surface area contributed by atoms with E-state index in [0.717, 1.165) is 39.1 Å². The van der Waals surface area contributed by atoms with Crippen molar-refractivity contribution in [1.82, 2.24) is 30.2 Å². The third-order valence-electron chi connectivity index (χ3n) is 5.53. The lowest BCUT2D eigenvalue weighted by Crippen LogP contribution is -2.21. The van der Waals surface area contributed by atoms with E-state index in [1.54, 1.807) is 24.8 Å². The molecular formula is C26H23N7.